The van der Waals surface area contributed by atoms with Crippen molar-refractivity contribution in [1.29, 1.82) is 5.26 Å². The van der Waals surface area contributed by atoms with E-state index >= 15 is 0 Å². The lowest BCUT2D eigenvalue weighted by Crippen LogP contribution is -2.10. The van der Waals surface area contributed by atoms with Crippen LogP contribution in [0, 0.1) is 23.1 Å². The predicted molar refractivity (Wildman–Crippen MR) is 75.7 cm³/mol. The summed E-state index contributed by atoms with van der Waals surface area (Å²) in [5.41, 5.74) is 0.561. The number of hydrogen-bond donors (Lipinski definition) is 0. The van der Waals surface area contributed by atoms with E-state index in [-0.39, 0.29) is 4.90 Å². The van der Waals surface area contributed by atoms with Gasteiger partial charge in [-0.25, -0.2) is 12.8 Å². The summed E-state index contributed by atoms with van der Waals surface area (Å²) in [6.45, 7) is 0. The fourth-order valence-corrected chi connectivity index (χ4v) is 4.79. The van der Waals surface area contributed by atoms with Crippen molar-refractivity contribution in [3.05, 3.63) is 66.0 Å². The van der Waals surface area contributed by atoms with E-state index in [1.807, 2.05) is 6.07 Å². The van der Waals surface area contributed by atoms with Gasteiger partial charge in [0.2, 0.25) is 0 Å². The zero-order valence-corrected chi connectivity index (χ0v) is 11.8. The molecular formula is C16H12FNO2S. The van der Waals surface area contributed by atoms with Crippen molar-refractivity contribution in [2.75, 3.05) is 0 Å². The number of hydrogen-bond acceptors (Lipinski definition) is 3. The number of benzene rings is 2. The van der Waals surface area contributed by atoms with Gasteiger partial charge in [0.25, 0.3) is 0 Å². The second kappa shape index (κ2) is 4.97. The lowest BCUT2D eigenvalue weighted by molar-refractivity contribution is 0.593. The average molecular weight is 301 g/mol. The van der Waals surface area contributed by atoms with Gasteiger partial charge in [-0.3, -0.25) is 0 Å². The molecule has 3 nitrogen and oxygen atoms in total. The molecule has 0 bridgehead atoms. The molecule has 2 aromatic rings. The van der Waals surface area contributed by atoms with Crippen LogP contribution < -0.4 is 0 Å². The van der Waals surface area contributed by atoms with Crippen LogP contribution in [0.2, 0.25) is 0 Å². The van der Waals surface area contributed by atoms with Crippen molar-refractivity contribution < 1.29 is 12.8 Å². The Morgan fingerprint density at radius 2 is 1.76 bits per heavy atom. The van der Waals surface area contributed by atoms with E-state index in [9.17, 15) is 18.1 Å². The lowest BCUT2D eigenvalue weighted by atomic mass is 10.1. The quantitative estimate of drug-likeness (QED) is 0.876. The van der Waals surface area contributed by atoms with Crippen molar-refractivity contribution in [2.45, 2.75) is 16.1 Å². The molecule has 1 saturated carbocycles. The summed E-state index contributed by atoms with van der Waals surface area (Å²) in [6, 6.07) is 15.9. The number of sulfone groups is 1. The lowest BCUT2D eigenvalue weighted by Gasteiger charge is -2.03. The molecule has 2 aromatic carbocycles. The molecule has 3 atom stereocenters. The van der Waals surface area contributed by atoms with Crippen molar-refractivity contribution in [3.8, 4) is 6.07 Å². The summed E-state index contributed by atoms with van der Waals surface area (Å²) < 4.78 is 38.5. The predicted octanol–water partition coefficient (Wildman–Crippen LogP) is 2.91. The van der Waals surface area contributed by atoms with Crippen LogP contribution in [0.25, 0.3) is 0 Å². The molecule has 0 spiro atoms. The first-order valence-corrected chi connectivity index (χ1v) is 8.04. The minimum atomic E-state index is -3.58. The van der Waals surface area contributed by atoms with E-state index in [0.717, 1.165) is 0 Å². The van der Waals surface area contributed by atoms with Gasteiger partial charge in [0.1, 0.15) is 5.82 Å². The molecule has 21 heavy (non-hydrogen) atoms. The molecule has 1 fully saturated rings. The second-order valence-electron chi connectivity index (χ2n) is 5.06. The third-order valence-electron chi connectivity index (χ3n) is 3.77. The monoisotopic (exact) mass is 301 g/mol. The first-order valence-electron chi connectivity index (χ1n) is 6.50. The Balaban J connectivity index is 1.99. The van der Waals surface area contributed by atoms with Crippen molar-refractivity contribution in [3.63, 3.8) is 0 Å². The topological polar surface area (TPSA) is 57.9 Å². The van der Waals surface area contributed by atoms with E-state index in [1.54, 1.807) is 24.3 Å². The Bertz CT molecular complexity index is 812. The summed E-state index contributed by atoms with van der Waals surface area (Å²) in [7, 11) is -3.58. The summed E-state index contributed by atoms with van der Waals surface area (Å²) >= 11 is 0. The molecule has 0 amide bonds. The van der Waals surface area contributed by atoms with Gasteiger partial charge in [-0.15, -0.1) is 0 Å². The molecule has 0 aromatic heterocycles. The van der Waals surface area contributed by atoms with Gasteiger partial charge in [-0.2, -0.15) is 5.26 Å². The Kier molecular flexibility index (Phi) is 3.26. The molecule has 106 valence electrons. The maximum atomic E-state index is 13.3. The maximum absolute atomic E-state index is 13.3. The normalized spacial score (nSPS) is 24.3. The van der Waals surface area contributed by atoms with Gasteiger partial charge < -0.3 is 0 Å². The largest absolute Gasteiger partial charge is 0.223 e. The van der Waals surface area contributed by atoms with Gasteiger partial charge in [-0.1, -0.05) is 30.3 Å². The van der Waals surface area contributed by atoms with Crippen molar-refractivity contribution in [1.82, 2.24) is 0 Å². The summed E-state index contributed by atoms with van der Waals surface area (Å²) in [6.07, 6.45) is 0. The van der Waals surface area contributed by atoms with Gasteiger partial charge >= 0.3 is 0 Å². The van der Waals surface area contributed by atoms with Crippen molar-refractivity contribution >= 4 is 9.84 Å². The molecular weight excluding hydrogens is 289 g/mol. The standard InChI is InChI=1S/C16H12FNO2S/c17-12-6-4-5-11(9-12)15-14(10-18)16(15)21(19,20)13-7-2-1-3-8-13/h1-9,14-16H/t14-,15+,16+/m0/s1. The number of halogens is 1. The Hall–Kier alpha value is -2.19. The molecule has 0 N–H and O–H groups in total. The van der Waals surface area contributed by atoms with Gasteiger partial charge in [0.15, 0.2) is 9.84 Å². The van der Waals surface area contributed by atoms with Crippen LogP contribution in [-0.2, 0) is 9.84 Å². The molecule has 1 aliphatic rings. The van der Waals surface area contributed by atoms with Crippen LogP contribution in [-0.4, -0.2) is 13.7 Å². The zero-order valence-electron chi connectivity index (χ0n) is 11.0. The zero-order chi connectivity index (χ0) is 15.0. The van der Waals surface area contributed by atoms with Crippen LogP contribution in [0.4, 0.5) is 4.39 Å². The molecule has 0 radical (unpaired) electrons. The highest BCUT2D eigenvalue weighted by molar-refractivity contribution is 7.92. The minimum absolute atomic E-state index is 0.203. The van der Waals surface area contributed by atoms with Gasteiger partial charge in [-0.05, 0) is 29.8 Å². The summed E-state index contributed by atoms with van der Waals surface area (Å²) in [5, 5.41) is 8.38. The Morgan fingerprint density at radius 3 is 2.38 bits per heavy atom. The maximum Gasteiger partial charge on any atom is 0.183 e. The number of rotatable bonds is 3. The Morgan fingerprint density at radius 1 is 1.05 bits per heavy atom. The smallest absolute Gasteiger partial charge is 0.183 e. The third-order valence-corrected chi connectivity index (χ3v) is 6.00. The van der Waals surface area contributed by atoms with Crippen LogP contribution in [0.3, 0.4) is 0 Å². The molecule has 0 aliphatic heterocycles. The van der Waals surface area contributed by atoms with Gasteiger partial charge in [0, 0.05) is 5.92 Å². The first-order chi connectivity index (χ1) is 10.1. The number of nitriles is 1. The van der Waals surface area contributed by atoms with Crippen LogP contribution >= 0.6 is 0 Å². The highest BCUT2D eigenvalue weighted by Crippen LogP contribution is 2.53. The fraction of sp³-hybridized carbons (Fsp3) is 0.188. The van der Waals surface area contributed by atoms with Crippen molar-refractivity contribution in [2.24, 2.45) is 5.92 Å². The van der Waals surface area contributed by atoms with Gasteiger partial charge in [0.05, 0.1) is 22.1 Å². The third kappa shape index (κ3) is 2.32. The summed E-state index contributed by atoms with van der Waals surface area (Å²) in [5.74, 6) is -1.51. The molecule has 3 rings (SSSR count). The first kappa shape index (κ1) is 13.8. The molecule has 0 heterocycles. The van der Waals surface area contributed by atoms with Crippen LogP contribution in [0.1, 0.15) is 11.5 Å². The molecule has 5 heteroatoms. The number of nitrogens with zero attached hydrogens (tertiary/aromatic N) is 1. The van der Waals surface area contributed by atoms with E-state index < -0.39 is 32.7 Å². The molecule has 0 saturated heterocycles. The van der Waals surface area contributed by atoms with E-state index in [2.05, 4.69) is 0 Å². The highest BCUT2D eigenvalue weighted by atomic mass is 32.2. The van der Waals surface area contributed by atoms with Crippen LogP contribution in [0.5, 0.6) is 0 Å². The Labute approximate surface area is 122 Å². The SMILES string of the molecule is N#C[C@H]1[C@@H](c2cccc(F)c2)[C@@H]1S(=O)(=O)c1ccccc1. The molecule has 0 unspecified atom stereocenters. The molecule has 1 aliphatic carbocycles. The average Bonchev–Trinajstić information content (AvgIpc) is 3.23. The van der Waals surface area contributed by atoms with E-state index in [4.69, 9.17) is 0 Å². The minimum Gasteiger partial charge on any atom is -0.223 e. The van der Waals surface area contributed by atoms with E-state index in [1.165, 1.54) is 30.3 Å². The second-order valence-corrected chi connectivity index (χ2v) is 7.16. The summed E-state index contributed by atoms with van der Waals surface area (Å²) in [4.78, 5) is 0.203. The van der Waals surface area contributed by atoms with Crippen LogP contribution in [0.15, 0.2) is 59.5 Å². The fourth-order valence-electron chi connectivity index (χ4n) is 2.70. The highest BCUT2D eigenvalue weighted by Gasteiger charge is 2.59. The van der Waals surface area contributed by atoms with E-state index in [0.29, 0.717) is 5.56 Å².